The molecule has 0 spiro atoms. The molecule has 1 heterocycles. The van der Waals surface area contributed by atoms with Gasteiger partial charge in [-0.05, 0) is 18.2 Å². The van der Waals surface area contributed by atoms with Crippen molar-refractivity contribution in [3.63, 3.8) is 0 Å². The van der Waals surface area contributed by atoms with Crippen LogP contribution in [0.25, 0.3) is 0 Å². The number of hydrogen-bond donors (Lipinski definition) is 2. The fraction of sp³-hybridized carbons (Fsp3) is 0. The van der Waals surface area contributed by atoms with Gasteiger partial charge in [-0.1, -0.05) is 12.1 Å². The van der Waals surface area contributed by atoms with Gasteiger partial charge in [-0.3, -0.25) is 4.72 Å². The monoisotopic (exact) mass is 267 g/mol. The number of halogens is 1. The SMILES string of the molecule is Nc1cc(S(=O)(=O)Nc2ccccc2F)ccn1. The summed E-state index contributed by atoms with van der Waals surface area (Å²) in [6.07, 6.45) is 1.27. The summed E-state index contributed by atoms with van der Waals surface area (Å²) in [5.41, 5.74) is 5.28. The first kappa shape index (κ1) is 12.3. The summed E-state index contributed by atoms with van der Waals surface area (Å²) in [6, 6.07) is 7.97. The van der Waals surface area contributed by atoms with Crippen molar-refractivity contribution in [3.05, 3.63) is 48.4 Å². The first-order valence-corrected chi connectivity index (χ1v) is 6.46. The van der Waals surface area contributed by atoms with Crippen LogP contribution >= 0.6 is 0 Å². The van der Waals surface area contributed by atoms with E-state index in [4.69, 9.17) is 5.73 Å². The molecule has 2 aromatic rings. The maximum absolute atomic E-state index is 13.4. The van der Waals surface area contributed by atoms with Crippen molar-refractivity contribution >= 4 is 21.5 Å². The van der Waals surface area contributed by atoms with Crippen LogP contribution in [0, 0.1) is 5.82 Å². The lowest BCUT2D eigenvalue weighted by atomic mass is 10.3. The van der Waals surface area contributed by atoms with Crippen LogP contribution in [-0.4, -0.2) is 13.4 Å². The number of nitrogens with zero attached hydrogens (tertiary/aromatic N) is 1. The average Bonchev–Trinajstić information content (AvgIpc) is 2.32. The summed E-state index contributed by atoms with van der Waals surface area (Å²) >= 11 is 0. The number of para-hydroxylation sites is 1. The summed E-state index contributed by atoms with van der Waals surface area (Å²) in [5.74, 6) is -0.575. The Balaban J connectivity index is 2.37. The minimum absolute atomic E-state index is 0.0711. The Morgan fingerprint density at radius 3 is 2.61 bits per heavy atom. The van der Waals surface area contributed by atoms with E-state index in [2.05, 4.69) is 9.71 Å². The van der Waals surface area contributed by atoms with Gasteiger partial charge >= 0.3 is 0 Å². The predicted octanol–water partition coefficient (Wildman–Crippen LogP) is 1.60. The number of pyridine rings is 1. The lowest BCUT2D eigenvalue weighted by molar-refractivity contribution is 0.598. The number of anilines is 2. The molecule has 3 N–H and O–H groups in total. The van der Waals surface area contributed by atoms with Crippen LogP contribution in [0.4, 0.5) is 15.9 Å². The van der Waals surface area contributed by atoms with Gasteiger partial charge in [0.1, 0.15) is 11.6 Å². The van der Waals surface area contributed by atoms with Crippen molar-refractivity contribution in [1.82, 2.24) is 4.98 Å². The number of nitrogen functional groups attached to an aromatic ring is 1. The summed E-state index contributed by atoms with van der Waals surface area (Å²) in [4.78, 5) is 3.62. The molecule has 0 saturated heterocycles. The molecule has 0 fully saturated rings. The molecule has 0 aliphatic carbocycles. The Labute approximate surface area is 104 Å². The highest BCUT2D eigenvalue weighted by Crippen LogP contribution is 2.19. The zero-order valence-corrected chi connectivity index (χ0v) is 9.99. The highest BCUT2D eigenvalue weighted by atomic mass is 32.2. The molecule has 7 heteroatoms. The molecule has 2 rings (SSSR count). The number of aromatic nitrogens is 1. The van der Waals surface area contributed by atoms with Crippen molar-refractivity contribution in [1.29, 1.82) is 0 Å². The Morgan fingerprint density at radius 1 is 1.22 bits per heavy atom. The molecule has 0 radical (unpaired) electrons. The molecule has 5 nitrogen and oxygen atoms in total. The van der Waals surface area contributed by atoms with Crippen LogP contribution in [0.15, 0.2) is 47.5 Å². The van der Waals surface area contributed by atoms with Crippen LogP contribution < -0.4 is 10.5 Å². The quantitative estimate of drug-likeness (QED) is 0.884. The van der Waals surface area contributed by atoms with Crippen molar-refractivity contribution in [2.24, 2.45) is 0 Å². The van der Waals surface area contributed by atoms with E-state index in [1.807, 2.05) is 0 Å². The molecule has 1 aromatic heterocycles. The molecule has 1 aromatic carbocycles. The highest BCUT2D eigenvalue weighted by Gasteiger charge is 2.16. The van der Waals surface area contributed by atoms with Gasteiger partial charge in [-0.25, -0.2) is 17.8 Å². The first-order valence-electron chi connectivity index (χ1n) is 4.98. The zero-order chi connectivity index (χ0) is 13.2. The van der Waals surface area contributed by atoms with Gasteiger partial charge < -0.3 is 5.73 Å². The number of rotatable bonds is 3. The van der Waals surface area contributed by atoms with Gasteiger partial charge in [0.15, 0.2) is 0 Å². The van der Waals surface area contributed by atoms with Gasteiger partial charge in [0, 0.05) is 12.3 Å². The van der Waals surface area contributed by atoms with Gasteiger partial charge in [0.25, 0.3) is 10.0 Å². The van der Waals surface area contributed by atoms with Crippen molar-refractivity contribution in [2.75, 3.05) is 10.5 Å². The van der Waals surface area contributed by atoms with Crippen molar-refractivity contribution in [2.45, 2.75) is 4.90 Å². The topological polar surface area (TPSA) is 85.1 Å². The number of nitrogens with two attached hydrogens (primary N) is 1. The van der Waals surface area contributed by atoms with E-state index < -0.39 is 15.8 Å². The first-order chi connectivity index (χ1) is 8.49. The van der Waals surface area contributed by atoms with E-state index in [1.54, 1.807) is 0 Å². The Hall–Kier alpha value is -2.15. The molecule has 18 heavy (non-hydrogen) atoms. The zero-order valence-electron chi connectivity index (χ0n) is 9.17. The van der Waals surface area contributed by atoms with Gasteiger partial charge in [-0.15, -0.1) is 0 Å². The Morgan fingerprint density at radius 2 is 1.94 bits per heavy atom. The van der Waals surface area contributed by atoms with Crippen LogP contribution in [0.2, 0.25) is 0 Å². The lowest BCUT2D eigenvalue weighted by Gasteiger charge is -2.08. The summed E-state index contributed by atoms with van der Waals surface area (Å²) in [5, 5.41) is 0. The molecule has 0 aliphatic rings. The van der Waals surface area contributed by atoms with Crippen LogP contribution in [-0.2, 0) is 10.0 Å². The van der Waals surface area contributed by atoms with E-state index in [0.717, 1.165) is 0 Å². The largest absolute Gasteiger partial charge is 0.384 e. The van der Waals surface area contributed by atoms with Crippen LogP contribution in [0.5, 0.6) is 0 Å². The predicted molar refractivity (Wildman–Crippen MR) is 65.9 cm³/mol. The smallest absolute Gasteiger partial charge is 0.262 e. The maximum atomic E-state index is 13.4. The molecule has 0 bridgehead atoms. The third-order valence-corrected chi connectivity index (χ3v) is 3.54. The van der Waals surface area contributed by atoms with E-state index in [9.17, 15) is 12.8 Å². The van der Waals surface area contributed by atoms with Crippen molar-refractivity contribution in [3.8, 4) is 0 Å². The fourth-order valence-corrected chi connectivity index (χ4v) is 2.43. The second kappa shape index (κ2) is 4.61. The standard InChI is InChI=1S/C11H10FN3O2S/c12-9-3-1-2-4-10(9)15-18(16,17)8-5-6-14-11(13)7-8/h1-7,15H,(H2,13,14). The second-order valence-corrected chi connectivity index (χ2v) is 5.18. The fourth-order valence-electron chi connectivity index (χ4n) is 1.34. The number of sulfonamides is 1. The van der Waals surface area contributed by atoms with E-state index >= 15 is 0 Å². The van der Waals surface area contributed by atoms with E-state index in [0.29, 0.717) is 0 Å². The summed E-state index contributed by atoms with van der Waals surface area (Å²) in [6.45, 7) is 0. The minimum Gasteiger partial charge on any atom is -0.384 e. The molecule has 0 amide bonds. The number of nitrogens with one attached hydrogen (secondary N) is 1. The Bertz CT molecular complexity index is 673. The summed E-state index contributed by atoms with van der Waals surface area (Å²) in [7, 11) is -3.87. The van der Waals surface area contributed by atoms with Crippen LogP contribution in [0.3, 0.4) is 0 Å². The van der Waals surface area contributed by atoms with E-state index in [1.165, 1.54) is 42.6 Å². The summed E-state index contributed by atoms with van der Waals surface area (Å²) < 4.78 is 39.4. The maximum Gasteiger partial charge on any atom is 0.262 e. The third kappa shape index (κ3) is 2.57. The van der Waals surface area contributed by atoms with Gasteiger partial charge in [0.05, 0.1) is 10.6 Å². The average molecular weight is 267 g/mol. The minimum atomic E-state index is -3.87. The molecule has 94 valence electrons. The molecule has 0 saturated carbocycles. The highest BCUT2D eigenvalue weighted by molar-refractivity contribution is 7.92. The normalized spacial score (nSPS) is 11.2. The van der Waals surface area contributed by atoms with Crippen molar-refractivity contribution < 1.29 is 12.8 Å². The number of hydrogen-bond acceptors (Lipinski definition) is 4. The van der Waals surface area contributed by atoms with Gasteiger partial charge in [-0.2, -0.15) is 0 Å². The second-order valence-electron chi connectivity index (χ2n) is 3.50. The van der Waals surface area contributed by atoms with Crippen LogP contribution in [0.1, 0.15) is 0 Å². The molecule has 0 atom stereocenters. The number of benzene rings is 1. The molecule has 0 aliphatic heterocycles. The third-order valence-electron chi connectivity index (χ3n) is 2.18. The lowest BCUT2D eigenvalue weighted by Crippen LogP contribution is -2.14. The van der Waals surface area contributed by atoms with Gasteiger partial charge in [0.2, 0.25) is 0 Å². The Kier molecular flexibility index (Phi) is 3.15. The molecule has 0 unspecified atom stereocenters. The van der Waals surface area contributed by atoms with E-state index in [-0.39, 0.29) is 16.4 Å². The molecular weight excluding hydrogens is 257 g/mol. The molecular formula is C11H10FN3O2S.